The maximum Gasteiger partial charge on any atom is 0.323 e. The number of aliphatic carboxylic acids is 1. The Morgan fingerprint density at radius 1 is 1.25 bits per heavy atom. The van der Waals surface area contributed by atoms with Gasteiger partial charge in [-0.2, -0.15) is 0 Å². The molecule has 3 N–H and O–H groups in total. The van der Waals surface area contributed by atoms with Crippen molar-refractivity contribution >= 4 is 5.97 Å². The highest BCUT2D eigenvalue weighted by Gasteiger charge is 2.26. The fourth-order valence-corrected chi connectivity index (χ4v) is 2.06. The van der Waals surface area contributed by atoms with Gasteiger partial charge in [0.15, 0.2) is 0 Å². The monoisotopic (exact) mass is 278 g/mol. The van der Waals surface area contributed by atoms with Crippen LogP contribution in [0, 0.1) is 0 Å². The number of carbonyl (C=O) groups is 1. The van der Waals surface area contributed by atoms with Gasteiger partial charge in [0, 0.05) is 6.54 Å². The maximum atomic E-state index is 10.9. The summed E-state index contributed by atoms with van der Waals surface area (Å²) in [5, 5.41) is 8.92. The second-order valence-corrected chi connectivity index (χ2v) is 5.72. The molecule has 0 radical (unpaired) electrons. The molecule has 1 rings (SSSR count). The Balaban J connectivity index is 2.15. The maximum absolute atomic E-state index is 10.9. The fraction of sp³-hybridized carbons (Fsp3) is 0.562. The molecule has 0 aliphatic heterocycles. The number of hydrogen-bond acceptors (Lipinski definition) is 3. The lowest BCUT2D eigenvalue weighted by molar-refractivity contribution is -0.142. The van der Waals surface area contributed by atoms with Crippen molar-refractivity contribution in [3.8, 4) is 0 Å². The van der Waals surface area contributed by atoms with Crippen LogP contribution >= 0.6 is 0 Å². The highest BCUT2D eigenvalue weighted by Crippen LogP contribution is 2.11. The first kappa shape index (κ1) is 16.7. The summed E-state index contributed by atoms with van der Waals surface area (Å²) in [7, 11) is 2.10. The number of hydrogen-bond donors (Lipinski definition) is 2. The Labute approximate surface area is 121 Å². The van der Waals surface area contributed by atoms with E-state index in [9.17, 15) is 4.79 Å². The van der Waals surface area contributed by atoms with Gasteiger partial charge in [0.2, 0.25) is 0 Å². The van der Waals surface area contributed by atoms with E-state index in [2.05, 4.69) is 36.2 Å². The van der Waals surface area contributed by atoms with E-state index in [4.69, 9.17) is 10.8 Å². The summed E-state index contributed by atoms with van der Waals surface area (Å²) >= 11 is 0. The van der Waals surface area contributed by atoms with Gasteiger partial charge in [-0.15, -0.1) is 0 Å². The standard InChI is InChI=1S/C16H26N2O2/c1-16(17,15(19)20)11-6-7-12-18(2)13-10-14-8-4-3-5-9-14/h3-5,8-9H,6-7,10-13,17H2,1-2H3,(H,19,20). The van der Waals surface area contributed by atoms with Crippen molar-refractivity contribution in [3.05, 3.63) is 35.9 Å². The fourth-order valence-electron chi connectivity index (χ4n) is 2.06. The van der Waals surface area contributed by atoms with Gasteiger partial charge >= 0.3 is 5.97 Å². The Kier molecular flexibility index (Phi) is 6.68. The molecule has 0 spiro atoms. The first-order valence-corrected chi connectivity index (χ1v) is 7.16. The van der Waals surface area contributed by atoms with Crippen molar-refractivity contribution in [2.75, 3.05) is 20.1 Å². The quantitative estimate of drug-likeness (QED) is 0.679. The molecule has 1 unspecified atom stereocenters. The second-order valence-electron chi connectivity index (χ2n) is 5.72. The predicted molar refractivity (Wildman–Crippen MR) is 81.7 cm³/mol. The highest BCUT2D eigenvalue weighted by molar-refractivity contribution is 5.77. The largest absolute Gasteiger partial charge is 0.480 e. The van der Waals surface area contributed by atoms with Gasteiger partial charge in [0.05, 0.1) is 0 Å². The molecule has 0 heterocycles. The molecule has 0 aliphatic rings. The number of rotatable bonds is 9. The molecule has 0 fully saturated rings. The zero-order chi connectivity index (χ0) is 15.0. The van der Waals surface area contributed by atoms with Crippen LogP contribution < -0.4 is 5.73 Å². The van der Waals surface area contributed by atoms with Gasteiger partial charge in [0.1, 0.15) is 5.54 Å². The zero-order valence-electron chi connectivity index (χ0n) is 12.5. The summed E-state index contributed by atoms with van der Waals surface area (Å²) in [6.45, 7) is 3.57. The molecule has 1 aromatic carbocycles. The van der Waals surface area contributed by atoms with Crippen molar-refractivity contribution in [1.29, 1.82) is 0 Å². The molecule has 0 saturated carbocycles. The smallest absolute Gasteiger partial charge is 0.323 e. The molecule has 20 heavy (non-hydrogen) atoms. The van der Waals surface area contributed by atoms with Crippen LogP contribution in [0.4, 0.5) is 0 Å². The third-order valence-electron chi connectivity index (χ3n) is 3.60. The molecule has 1 atom stereocenters. The normalized spacial score (nSPS) is 14.2. The Hall–Kier alpha value is -1.39. The van der Waals surface area contributed by atoms with Gasteiger partial charge in [-0.1, -0.05) is 30.3 Å². The van der Waals surface area contributed by atoms with Gasteiger partial charge in [-0.05, 0) is 51.8 Å². The van der Waals surface area contributed by atoms with Crippen LogP contribution in [0.15, 0.2) is 30.3 Å². The third-order valence-corrected chi connectivity index (χ3v) is 3.60. The topological polar surface area (TPSA) is 66.6 Å². The molecule has 1 aromatic rings. The molecular weight excluding hydrogens is 252 g/mol. The summed E-state index contributed by atoms with van der Waals surface area (Å²) in [4.78, 5) is 13.2. The molecule has 0 bridgehead atoms. The van der Waals surface area contributed by atoms with E-state index in [1.54, 1.807) is 6.92 Å². The third kappa shape index (κ3) is 6.17. The van der Waals surface area contributed by atoms with Crippen molar-refractivity contribution in [1.82, 2.24) is 4.90 Å². The molecule has 4 nitrogen and oxygen atoms in total. The predicted octanol–water partition coefficient (Wildman–Crippen LogP) is 2.13. The lowest BCUT2D eigenvalue weighted by Gasteiger charge is -2.20. The van der Waals surface area contributed by atoms with Crippen LogP contribution in [-0.4, -0.2) is 41.7 Å². The number of carboxylic acids is 1. The first-order chi connectivity index (χ1) is 9.42. The minimum atomic E-state index is -1.09. The minimum absolute atomic E-state index is 0.523. The van der Waals surface area contributed by atoms with Crippen LogP contribution in [0.1, 0.15) is 31.7 Å². The summed E-state index contributed by atoms with van der Waals surface area (Å²) in [6, 6.07) is 10.4. The van der Waals surface area contributed by atoms with E-state index in [1.165, 1.54) is 5.56 Å². The molecular formula is C16H26N2O2. The average molecular weight is 278 g/mol. The Morgan fingerprint density at radius 2 is 1.90 bits per heavy atom. The van der Waals surface area contributed by atoms with Gasteiger partial charge in [-0.3, -0.25) is 4.79 Å². The molecule has 112 valence electrons. The van der Waals surface area contributed by atoms with Crippen LogP contribution in [-0.2, 0) is 11.2 Å². The second kappa shape index (κ2) is 8.02. The number of likely N-dealkylation sites (N-methyl/N-ethyl adjacent to an activating group) is 1. The minimum Gasteiger partial charge on any atom is -0.480 e. The van der Waals surface area contributed by atoms with Gasteiger partial charge in [0.25, 0.3) is 0 Å². The molecule has 0 aromatic heterocycles. The summed E-state index contributed by atoms with van der Waals surface area (Å²) in [5.41, 5.74) is 5.95. The Morgan fingerprint density at radius 3 is 2.50 bits per heavy atom. The van der Waals surface area contributed by atoms with Crippen molar-refractivity contribution in [2.24, 2.45) is 5.73 Å². The van der Waals surface area contributed by atoms with Crippen LogP contribution in [0.5, 0.6) is 0 Å². The summed E-state index contributed by atoms with van der Waals surface area (Å²) in [6.07, 6.45) is 3.39. The van der Waals surface area contributed by atoms with E-state index >= 15 is 0 Å². The van der Waals surface area contributed by atoms with Crippen molar-refractivity contribution in [2.45, 2.75) is 38.1 Å². The van der Waals surface area contributed by atoms with Crippen molar-refractivity contribution < 1.29 is 9.90 Å². The van der Waals surface area contributed by atoms with Gasteiger partial charge in [-0.25, -0.2) is 0 Å². The van der Waals surface area contributed by atoms with E-state index in [0.717, 1.165) is 32.4 Å². The zero-order valence-corrected chi connectivity index (χ0v) is 12.5. The highest BCUT2D eigenvalue weighted by atomic mass is 16.4. The summed E-state index contributed by atoms with van der Waals surface area (Å²) < 4.78 is 0. The van der Waals surface area contributed by atoms with E-state index in [0.29, 0.717) is 6.42 Å². The first-order valence-electron chi connectivity index (χ1n) is 7.16. The molecule has 4 heteroatoms. The van der Waals surface area contributed by atoms with E-state index < -0.39 is 11.5 Å². The van der Waals surface area contributed by atoms with Crippen LogP contribution in [0.3, 0.4) is 0 Å². The lowest BCUT2D eigenvalue weighted by Crippen LogP contribution is -2.44. The number of unbranched alkanes of at least 4 members (excludes halogenated alkanes) is 1. The van der Waals surface area contributed by atoms with Crippen LogP contribution in [0.2, 0.25) is 0 Å². The average Bonchev–Trinajstić information content (AvgIpc) is 2.42. The lowest BCUT2D eigenvalue weighted by atomic mass is 9.96. The Bertz CT molecular complexity index is 404. The molecule has 0 amide bonds. The SMILES string of the molecule is CN(CCCCC(C)(N)C(=O)O)CCc1ccccc1. The van der Waals surface area contributed by atoms with Crippen LogP contribution in [0.25, 0.3) is 0 Å². The van der Waals surface area contributed by atoms with E-state index in [1.807, 2.05) is 6.07 Å². The van der Waals surface area contributed by atoms with Gasteiger partial charge < -0.3 is 15.7 Å². The van der Waals surface area contributed by atoms with Crippen molar-refractivity contribution in [3.63, 3.8) is 0 Å². The molecule has 0 saturated heterocycles. The molecule has 0 aliphatic carbocycles. The summed E-state index contributed by atoms with van der Waals surface area (Å²) in [5.74, 6) is -0.921. The number of carboxylic acid groups (broad SMARTS) is 1. The number of nitrogens with zero attached hydrogens (tertiary/aromatic N) is 1. The number of nitrogens with two attached hydrogens (primary N) is 1. The van der Waals surface area contributed by atoms with E-state index in [-0.39, 0.29) is 0 Å². The number of benzene rings is 1.